The lowest BCUT2D eigenvalue weighted by Crippen LogP contribution is -2.30. The molecule has 0 aliphatic carbocycles. The van der Waals surface area contributed by atoms with Gasteiger partial charge in [0.2, 0.25) is 0 Å². The van der Waals surface area contributed by atoms with Gasteiger partial charge in [-0.05, 0) is 116 Å². The number of esters is 3. The van der Waals surface area contributed by atoms with Gasteiger partial charge in [0, 0.05) is 19.3 Å². The molecule has 0 rings (SSSR count). The maximum Gasteiger partial charge on any atom is 0.472 e. The van der Waals surface area contributed by atoms with Crippen LogP contribution < -0.4 is 0 Å². The zero-order valence-corrected chi connectivity index (χ0v) is 63.0. The van der Waals surface area contributed by atoms with Crippen LogP contribution >= 0.6 is 15.6 Å². The van der Waals surface area contributed by atoms with Gasteiger partial charge in [0.15, 0.2) is 6.10 Å². The fraction of sp³-hybridized carbons (Fsp3) is 0.759. The highest BCUT2D eigenvalue weighted by Crippen LogP contribution is 2.45. The Hall–Kier alpha value is -3.53. The summed E-state index contributed by atoms with van der Waals surface area (Å²) in [6.45, 7) is 2.49. The molecule has 0 aromatic rings. The van der Waals surface area contributed by atoms with Gasteiger partial charge in [0.05, 0.1) is 26.4 Å². The third-order valence-electron chi connectivity index (χ3n) is 16.3. The number of hydrogen-bond acceptors (Lipinski definition) is 14. The van der Waals surface area contributed by atoms with E-state index in [1.165, 1.54) is 128 Å². The average molecular weight is 1410 g/mol. The van der Waals surface area contributed by atoms with Crippen LogP contribution in [-0.2, 0) is 55.8 Å². The number of allylic oxidation sites excluding steroid dienone is 16. The molecule has 97 heavy (non-hydrogen) atoms. The summed E-state index contributed by atoms with van der Waals surface area (Å²) in [5.74, 6) is -1.59. The van der Waals surface area contributed by atoms with Gasteiger partial charge in [-0.1, -0.05) is 291 Å². The van der Waals surface area contributed by atoms with Crippen LogP contribution in [0.25, 0.3) is 0 Å². The zero-order chi connectivity index (χ0) is 70.9. The van der Waals surface area contributed by atoms with Gasteiger partial charge in [-0.2, -0.15) is 0 Å². The predicted octanol–water partition coefficient (Wildman–Crippen LogP) is 22.2. The van der Waals surface area contributed by atoms with Crippen LogP contribution in [0.15, 0.2) is 97.2 Å². The molecular weight excluding hydrogens is 1270 g/mol. The van der Waals surface area contributed by atoms with Crippen molar-refractivity contribution in [3.8, 4) is 0 Å². The van der Waals surface area contributed by atoms with Crippen LogP contribution in [0, 0.1) is 0 Å². The smallest absolute Gasteiger partial charge is 0.463 e. The normalized spacial score (nSPS) is 14.6. The molecule has 0 heterocycles. The number of rotatable bonds is 73. The fourth-order valence-corrected chi connectivity index (χ4v) is 12.0. The highest BCUT2D eigenvalue weighted by molar-refractivity contribution is 7.47. The minimum absolute atomic E-state index is 0.0924. The van der Waals surface area contributed by atoms with Crippen LogP contribution in [0.1, 0.15) is 329 Å². The third kappa shape index (κ3) is 73.5. The molecular formula is C79H140O16P2. The summed E-state index contributed by atoms with van der Waals surface area (Å²) < 4.78 is 60.9. The Labute approximate surface area is 590 Å². The van der Waals surface area contributed by atoms with Crippen LogP contribution in [0.5, 0.6) is 0 Å². The summed E-state index contributed by atoms with van der Waals surface area (Å²) in [6, 6.07) is 0. The first-order chi connectivity index (χ1) is 47.2. The van der Waals surface area contributed by atoms with E-state index in [2.05, 4.69) is 118 Å². The maximum atomic E-state index is 12.9. The van der Waals surface area contributed by atoms with Crippen LogP contribution in [0.3, 0.4) is 0 Å². The second-order valence-corrected chi connectivity index (χ2v) is 28.7. The number of hydrogen-bond donors (Lipinski definition) is 4. The van der Waals surface area contributed by atoms with Crippen molar-refractivity contribution in [1.82, 2.24) is 0 Å². The summed E-state index contributed by atoms with van der Waals surface area (Å²) in [5, 5.41) is 20.6. The number of ether oxygens (including phenoxy) is 3. The Morgan fingerprint density at radius 1 is 0.299 bits per heavy atom. The minimum Gasteiger partial charge on any atom is -0.463 e. The van der Waals surface area contributed by atoms with Crippen LogP contribution in [-0.4, -0.2) is 95.9 Å². The Kier molecular flexibility index (Phi) is 69.6. The molecule has 0 aliphatic rings. The molecule has 0 aromatic heterocycles. The van der Waals surface area contributed by atoms with E-state index in [0.29, 0.717) is 19.3 Å². The van der Waals surface area contributed by atoms with E-state index in [1.54, 1.807) is 0 Å². The van der Waals surface area contributed by atoms with E-state index in [1.807, 2.05) is 0 Å². The number of unbranched alkanes of at least 4 members (excludes halogenated alkanes) is 34. The quantitative estimate of drug-likeness (QED) is 0.0146. The van der Waals surface area contributed by atoms with E-state index < -0.39 is 91.5 Å². The van der Waals surface area contributed by atoms with E-state index in [4.69, 9.17) is 32.3 Å². The summed E-state index contributed by atoms with van der Waals surface area (Å²) in [5.41, 5.74) is 0. The first-order valence-corrected chi connectivity index (χ1v) is 41.5. The van der Waals surface area contributed by atoms with Gasteiger partial charge in [0.1, 0.15) is 25.4 Å². The molecule has 562 valence electrons. The second-order valence-electron chi connectivity index (χ2n) is 25.8. The summed E-state index contributed by atoms with van der Waals surface area (Å²) in [6.07, 6.45) is 82.0. The van der Waals surface area contributed by atoms with E-state index >= 15 is 0 Å². The monoisotopic (exact) mass is 1410 g/mol. The largest absolute Gasteiger partial charge is 0.472 e. The Bertz CT molecular complexity index is 2150. The number of carbonyl (C=O) groups excluding carboxylic acids is 3. The van der Waals surface area contributed by atoms with Crippen molar-refractivity contribution in [3.63, 3.8) is 0 Å². The molecule has 0 saturated carbocycles. The van der Waals surface area contributed by atoms with Crippen LogP contribution in [0.4, 0.5) is 0 Å². The van der Waals surface area contributed by atoms with Gasteiger partial charge in [0.25, 0.3) is 0 Å². The summed E-state index contributed by atoms with van der Waals surface area (Å²) in [7, 11) is -9.78. The lowest BCUT2D eigenvalue weighted by Gasteiger charge is -2.21. The first-order valence-electron chi connectivity index (χ1n) is 38.5. The number of aliphatic hydroxyl groups excluding tert-OH is 2. The standard InChI is InChI=1S/C79H140O16P2/c1-4-7-10-13-16-19-22-24-26-28-29-30-31-32-33-34-35-36-37-38-39-40-41-42-43-45-47-48-51-53-56-59-62-65-77(82)89-68-74(80)69-91-96(85,86)92-70-75(81)71-93-97(87,88)94-73-76(95-79(84)67-64-61-58-55-50-21-18-15-12-9-6-3)72-90-78(83)66-63-60-57-54-52-49-46-44-27-25-23-20-17-14-11-8-5-2/h8,11,15-20,24-27,29-30,32-33,74-76,80-81H,4-7,9-10,12-14,21-23,28,31,34-73H2,1-3H3,(H,85,86)(H,87,88)/b11-8-,18-15-,19-16-,20-17-,26-24-,27-25-,30-29-,33-32-. The molecule has 0 radical (unpaired) electrons. The Balaban J connectivity index is 4.33. The first kappa shape index (κ1) is 93.5. The van der Waals surface area contributed by atoms with Crippen molar-refractivity contribution in [1.29, 1.82) is 0 Å². The minimum atomic E-state index is -4.92. The van der Waals surface area contributed by atoms with Gasteiger partial charge >= 0.3 is 33.6 Å². The molecule has 0 spiro atoms. The van der Waals surface area contributed by atoms with Crippen molar-refractivity contribution in [2.75, 3.05) is 39.6 Å². The number of aliphatic hydroxyl groups is 2. The molecule has 0 aliphatic heterocycles. The molecule has 16 nitrogen and oxygen atoms in total. The van der Waals surface area contributed by atoms with Gasteiger partial charge < -0.3 is 34.2 Å². The molecule has 4 N–H and O–H groups in total. The van der Waals surface area contributed by atoms with Crippen molar-refractivity contribution < 1.29 is 75.8 Å². The number of phosphoric acid groups is 2. The van der Waals surface area contributed by atoms with Crippen molar-refractivity contribution >= 4 is 33.6 Å². The molecule has 0 bridgehead atoms. The van der Waals surface area contributed by atoms with E-state index in [-0.39, 0.29) is 19.3 Å². The summed E-state index contributed by atoms with van der Waals surface area (Å²) >= 11 is 0. The third-order valence-corrected chi connectivity index (χ3v) is 18.2. The predicted molar refractivity (Wildman–Crippen MR) is 399 cm³/mol. The van der Waals surface area contributed by atoms with Crippen molar-refractivity contribution in [3.05, 3.63) is 97.2 Å². The van der Waals surface area contributed by atoms with Crippen molar-refractivity contribution in [2.45, 2.75) is 347 Å². The zero-order valence-electron chi connectivity index (χ0n) is 61.2. The van der Waals surface area contributed by atoms with Crippen LogP contribution in [0.2, 0.25) is 0 Å². The molecule has 0 amide bonds. The Morgan fingerprint density at radius 3 is 0.907 bits per heavy atom. The second kappa shape index (κ2) is 72.3. The van der Waals surface area contributed by atoms with E-state index in [9.17, 15) is 43.5 Å². The molecule has 0 saturated heterocycles. The lowest BCUT2D eigenvalue weighted by atomic mass is 10.0. The van der Waals surface area contributed by atoms with Gasteiger partial charge in [-0.25, -0.2) is 9.13 Å². The molecule has 18 heteroatoms. The highest BCUT2D eigenvalue weighted by atomic mass is 31.2. The van der Waals surface area contributed by atoms with Gasteiger partial charge in [-0.15, -0.1) is 0 Å². The lowest BCUT2D eigenvalue weighted by molar-refractivity contribution is -0.161. The number of carbonyl (C=O) groups is 3. The fourth-order valence-electron chi connectivity index (χ4n) is 10.4. The van der Waals surface area contributed by atoms with E-state index in [0.717, 1.165) is 141 Å². The molecule has 0 fully saturated rings. The maximum absolute atomic E-state index is 12.9. The SMILES string of the molecule is CC/C=C\C/C=C\C/C=C\CCCCCCCCCC(=O)OCC(COP(=O)(O)OCC(O)COP(=O)(O)OCC(O)COC(=O)CCCCCCCCCCCCCCCCCCC/C=C\C/C=C\C/C=C\C/C=C\CCCCC)OC(=O)CCCCCCC/C=C\CCCC. The van der Waals surface area contributed by atoms with Crippen molar-refractivity contribution in [2.24, 2.45) is 0 Å². The molecule has 5 unspecified atom stereocenters. The topological polar surface area (TPSA) is 231 Å². The Morgan fingerprint density at radius 2 is 0.557 bits per heavy atom. The molecule has 5 atom stereocenters. The average Bonchev–Trinajstić information content (AvgIpc) is 2.60. The summed E-state index contributed by atoms with van der Waals surface area (Å²) in [4.78, 5) is 58.4. The highest BCUT2D eigenvalue weighted by Gasteiger charge is 2.29. The molecule has 0 aromatic carbocycles. The van der Waals surface area contributed by atoms with Gasteiger partial charge in [-0.3, -0.25) is 32.5 Å². The number of phosphoric ester groups is 2.